The Morgan fingerprint density at radius 1 is 1.23 bits per heavy atom. The van der Waals surface area contributed by atoms with Crippen LogP contribution in [0.1, 0.15) is 44.5 Å². The number of amides is 1. The first-order valence-electron chi connectivity index (χ1n) is 8.80. The van der Waals surface area contributed by atoms with Crippen LogP contribution < -0.4 is 14.8 Å². The van der Waals surface area contributed by atoms with E-state index in [-0.39, 0.29) is 17.9 Å². The summed E-state index contributed by atoms with van der Waals surface area (Å²) in [5.41, 5.74) is 0.813. The quantitative estimate of drug-likeness (QED) is 0.730. The van der Waals surface area contributed by atoms with Crippen molar-refractivity contribution >= 4 is 5.91 Å². The summed E-state index contributed by atoms with van der Waals surface area (Å²) in [5.74, 6) is 2.63. The molecule has 1 aromatic heterocycles. The number of para-hydroxylation sites is 2. The SMILES string of the molecule is COc1ccccc1OCC(=O)NCCCc1oc(C(C)(C)C)nc1C. The van der Waals surface area contributed by atoms with Crippen molar-refractivity contribution in [3.8, 4) is 11.5 Å². The van der Waals surface area contributed by atoms with Gasteiger partial charge in [-0.1, -0.05) is 32.9 Å². The van der Waals surface area contributed by atoms with E-state index in [2.05, 4.69) is 31.1 Å². The molecule has 0 spiro atoms. The van der Waals surface area contributed by atoms with E-state index in [0.29, 0.717) is 18.0 Å². The molecule has 1 heterocycles. The molecule has 0 saturated carbocycles. The maximum Gasteiger partial charge on any atom is 0.257 e. The number of nitrogens with zero attached hydrogens (tertiary/aromatic N) is 1. The highest BCUT2D eigenvalue weighted by Gasteiger charge is 2.22. The van der Waals surface area contributed by atoms with Gasteiger partial charge in [-0.15, -0.1) is 0 Å². The number of carbonyl (C=O) groups is 1. The number of nitrogens with one attached hydrogen (secondary N) is 1. The average molecular weight is 360 g/mol. The minimum atomic E-state index is -0.166. The molecule has 0 aliphatic rings. The van der Waals surface area contributed by atoms with Crippen LogP contribution in [0.5, 0.6) is 11.5 Å². The van der Waals surface area contributed by atoms with Gasteiger partial charge in [-0.25, -0.2) is 4.98 Å². The van der Waals surface area contributed by atoms with E-state index in [4.69, 9.17) is 13.9 Å². The fraction of sp³-hybridized carbons (Fsp3) is 0.500. The van der Waals surface area contributed by atoms with E-state index >= 15 is 0 Å². The summed E-state index contributed by atoms with van der Waals surface area (Å²) in [6.07, 6.45) is 1.52. The zero-order chi connectivity index (χ0) is 19.2. The fourth-order valence-electron chi connectivity index (χ4n) is 2.39. The van der Waals surface area contributed by atoms with Gasteiger partial charge in [0.2, 0.25) is 0 Å². The van der Waals surface area contributed by atoms with Crippen molar-refractivity contribution in [3.63, 3.8) is 0 Å². The number of aromatic nitrogens is 1. The number of ether oxygens (including phenoxy) is 2. The predicted octanol–water partition coefficient (Wildman–Crippen LogP) is 3.42. The van der Waals surface area contributed by atoms with Crippen molar-refractivity contribution in [2.45, 2.75) is 46.0 Å². The number of benzene rings is 1. The normalized spacial score (nSPS) is 11.3. The molecule has 1 aromatic carbocycles. The molecule has 0 aliphatic heterocycles. The molecular weight excluding hydrogens is 332 g/mol. The van der Waals surface area contributed by atoms with Crippen LogP contribution in [0.3, 0.4) is 0 Å². The summed E-state index contributed by atoms with van der Waals surface area (Å²) < 4.78 is 16.5. The largest absolute Gasteiger partial charge is 0.493 e. The standard InChI is InChI=1S/C20H28N2O4/c1-14-15(26-19(22-14)20(2,3)4)11-8-12-21-18(23)13-25-17-10-7-6-9-16(17)24-5/h6-7,9-10H,8,11-13H2,1-5H3,(H,21,23). The van der Waals surface area contributed by atoms with E-state index < -0.39 is 0 Å². The lowest BCUT2D eigenvalue weighted by Crippen LogP contribution is -2.30. The lowest BCUT2D eigenvalue weighted by atomic mass is 9.97. The van der Waals surface area contributed by atoms with E-state index in [1.165, 1.54) is 0 Å². The first-order valence-corrected chi connectivity index (χ1v) is 8.80. The Morgan fingerprint density at radius 2 is 1.92 bits per heavy atom. The van der Waals surface area contributed by atoms with Gasteiger partial charge in [-0.2, -0.15) is 0 Å². The second kappa shape index (κ2) is 8.74. The Morgan fingerprint density at radius 3 is 2.54 bits per heavy atom. The molecule has 0 fully saturated rings. The molecule has 0 atom stereocenters. The topological polar surface area (TPSA) is 73.6 Å². The Balaban J connectivity index is 1.73. The molecule has 2 rings (SSSR count). The van der Waals surface area contributed by atoms with Gasteiger partial charge in [0.15, 0.2) is 24.0 Å². The van der Waals surface area contributed by atoms with Gasteiger partial charge in [0, 0.05) is 18.4 Å². The summed E-state index contributed by atoms with van der Waals surface area (Å²) in [4.78, 5) is 16.4. The number of oxazole rings is 1. The molecule has 0 saturated heterocycles. The molecule has 1 amide bonds. The van der Waals surface area contributed by atoms with Crippen molar-refractivity contribution in [3.05, 3.63) is 41.6 Å². The molecule has 1 N–H and O–H groups in total. The van der Waals surface area contributed by atoms with Crippen molar-refractivity contribution < 1.29 is 18.7 Å². The number of methoxy groups -OCH3 is 1. The second-order valence-electron chi connectivity index (χ2n) is 7.17. The highest BCUT2D eigenvalue weighted by molar-refractivity contribution is 5.77. The van der Waals surface area contributed by atoms with Crippen molar-refractivity contribution in [1.29, 1.82) is 0 Å². The number of carbonyl (C=O) groups excluding carboxylic acids is 1. The summed E-state index contributed by atoms with van der Waals surface area (Å²) >= 11 is 0. The fourth-order valence-corrected chi connectivity index (χ4v) is 2.39. The predicted molar refractivity (Wildman–Crippen MR) is 99.8 cm³/mol. The molecule has 6 nitrogen and oxygen atoms in total. The van der Waals surface area contributed by atoms with Gasteiger partial charge in [0.1, 0.15) is 5.76 Å². The third-order valence-electron chi connectivity index (χ3n) is 3.86. The molecule has 0 bridgehead atoms. The summed E-state index contributed by atoms with van der Waals surface area (Å²) in [5, 5.41) is 2.85. The monoisotopic (exact) mass is 360 g/mol. The average Bonchev–Trinajstić information content (AvgIpc) is 2.98. The molecule has 0 aliphatic carbocycles. The third-order valence-corrected chi connectivity index (χ3v) is 3.86. The van der Waals surface area contributed by atoms with E-state index in [9.17, 15) is 4.79 Å². The molecule has 6 heteroatoms. The van der Waals surface area contributed by atoms with Gasteiger partial charge in [0.25, 0.3) is 5.91 Å². The third kappa shape index (κ3) is 5.51. The first kappa shape index (κ1) is 19.8. The second-order valence-corrected chi connectivity index (χ2v) is 7.17. The van der Waals surface area contributed by atoms with Crippen LogP contribution in [0.25, 0.3) is 0 Å². The van der Waals surface area contributed by atoms with Crippen LogP contribution >= 0.6 is 0 Å². The molecule has 26 heavy (non-hydrogen) atoms. The van der Waals surface area contributed by atoms with Gasteiger partial charge in [0.05, 0.1) is 12.8 Å². The number of hydrogen-bond acceptors (Lipinski definition) is 5. The lowest BCUT2D eigenvalue weighted by molar-refractivity contribution is -0.123. The molecule has 142 valence electrons. The molecule has 0 radical (unpaired) electrons. The first-order chi connectivity index (χ1) is 12.3. The van der Waals surface area contributed by atoms with E-state index in [1.807, 2.05) is 19.1 Å². The smallest absolute Gasteiger partial charge is 0.257 e. The van der Waals surface area contributed by atoms with Crippen LogP contribution in [-0.2, 0) is 16.6 Å². The molecule has 2 aromatic rings. The number of rotatable bonds is 8. The Labute approximate surface area is 154 Å². The Bertz CT molecular complexity index is 732. The van der Waals surface area contributed by atoms with Crippen molar-refractivity contribution in [1.82, 2.24) is 10.3 Å². The van der Waals surface area contributed by atoms with E-state index in [1.54, 1.807) is 19.2 Å². The molecular formula is C20H28N2O4. The maximum atomic E-state index is 11.9. The van der Waals surface area contributed by atoms with Crippen molar-refractivity contribution in [2.24, 2.45) is 0 Å². The maximum absolute atomic E-state index is 11.9. The van der Waals surface area contributed by atoms with E-state index in [0.717, 1.165) is 30.2 Å². The minimum absolute atomic E-state index is 0.0458. The van der Waals surface area contributed by atoms with Gasteiger partial charge in [-0.3, -0.25) is 4.79 Å². The number of aryl methyl sites for hydroxylation is 2. The summed E-state index contributed by atoms with van der Waals surface area (Å²) in [6, 6.07) is 7.24. The van der Waals surface area contributed by atoms with Gasteiger partial charge in [-0.05, 0) is 25.5 Å². The molecule has 0 unspecified atom stereocenters. The summed E-state index contributed by atoms with van der Waals surface area (Å²) in [7, 11) is 1.57. The Kier molecular flexibility index (Phi) is 6.66. The van der Waals surface area contributed by atoms with Crippen LogP contribution in [0.15, 0.2) is 28.7 Å². The van der Waals surface area contributed by atoms with Gasteiger partial charge >= 0.3 is 0 Å². The lowest BCUT2D eigenvalue weighted by Gasteiger charge is -2.12. The van der Waals surface area contributed by atoms with Crippen LogP contribution in [-0.4, -0.2) is 31.2 Å². The number of hydrogen-bond donors (Lipinski definition) is 1. The van der Waals surface area contributed by atoms with Crippen LogP contribution in [0.2, 0.25) is 0 Å². The highest BCUT2D eigenvalue weighted by Crippen LogP contribution is 2.26. The highest BCUT2D eigenvalue weighted by atomic mass is 16.5. The van der Waals surface area contributed by atoms with Crippen molar-refractivity contribution in [2.75, 3.05) is 20.3 Å². The van der Waals surface area contributed by atoms with Crippen LogP contribution in [0, 0.1) is 6.92 Å². The van der Waals surface area contributed by atoms with Crippen LogP contribution in [0.4, 0.5) is 0 Å². The zero-order valence-corrected chi connectivity index (χ0v) is 16.2. The minimum Gasteiger partial charge on any atom is -0.493 e. The van der Waals surface area contributed by atoms with Gasteiger partial charge < -0.3 is 19.2 Å². The summed E-state index contributed by atoms with van der Waals surface area (Å²) in [6.45, 7) is 8.68. The zero-order valence-electron chi connectivity index (χ0n) is 16.2. The Hall–Kier alpha value is -2.50.